The Morgan fingerprint density at radius 2 is 0.808 bits per heavy atom. The van der Waals surface area contributed by atoms with E-state index in [1.165, 1.54) is 5.39 Å². The highest BCUT2D eigenvalue weighted by Crippen LogP contribution is 2.38. The number of rotatable bonds is 4. The third-order valence-corrected chi connectivity index (χ3v) is 10.1. The van der Waals surface area contributed by atoms with Gasteiger partial charge in [-0.3, -0.25) is 0 Å². The lowest BCUT2D eigenvalue weighted by molar-refractivity contribution is 0.668. The molecule has 0 bridgehead atoms. The summed E-state index contributed by atoms with van der Waals surface area (Å²) in [7, 11) is 0. The summed E-state index contributed by atoms with van der Waals surface area (Å²) in [5.41, 5.74) is 8.46. The molecule has 3 heterocycles. The Balaban J connectivity index is 1.09. The van der Waals surface area contributed by atoms with Crippen LogP contribution < -0.4 is 0 Å². The molecular formula is C47H27N3O2. The van der Waals surface area contributed by atoms with Crippen LogP contribution in [0.3, 0.4) is 0 Å². The third-order valence-electron chi connectivity index (χ3n) is 10.1. The van der Waals surface area contributed by atoms with Gasteiger partial charge in [0, 0.05) is 38.2 Å². The molecule has 0 amide bonds. The Labute approximate surface area is 297 Å². The molecule has 0 unspecified atom stereocenters. The van der Waals surface area contributed by atoms with Crippen LogP contribution in [0.1, 0.15) is 0 Å². The molecule has 5 nitrogen and oxygen atoms in total. The van der Waals surface area contributed by atoms with Gasteiger partial charge in [-0.1, -0.05) is 109 Å². The second-order valence-corrected chi connectivity index (χ2v) is 13.2. The van der Waals surface area contributed by atoms with E-state index in [2.05, 4.69) is 115 Å². The first kappa shape index (κ1) is 28.7. The molecule has 52 heavy (non-hydrogen) atoms. The van der Waals surface area contributed by atoms with Crippen molar-refractivity contribution >= 4 is 65.4 Å². The maximum absolute atomic E-state index is 6.21. The van der Waals surface area contributed by atoms with E-state index < -0.39 is 0 Å². The zero-order valence-corrected chi connectivity index (χ0v) is 27.7. The average Bonchev–Trinajstić information content (AvgIpc) is 3.78. The smallest absolute Gasteiger partial charge is 0.164 e. The Hall–Kier alpha value is -7.11. The summed E-state index contributed by atoms with van der Waals surface area (Å²) >= 11 is 0. The summed E-state index contributed by atoms with van der Waals surface area (Å²) in [6.45, 7) is 0. The van der Waals surface area contributed by atoms with E-state index in [-0.39, 0.29) is 0 Å². The average molecular weight is 666 g/mol. The Bertz CT molecular complexity index is 3210. The van der Waals surface area contributed by atoms with Gasteiger partial charge in [-0.15, -0.1) is 0 Å². The molecule has 242 valence electrons. The van der Waals surface area contributed by atoms with Crippen molar-refractivity contribution in [2.75, 3.05) is 0 Å². The fraction of sp³-hybridized carbons (Fsp3) is 0. The van der Waals surface area contributed by atoms with Gasteiger partial charge in [-0.25, -0.2) is 15.0 Å². The summed E-state index contributed by atoms with van der Waals surface area (Å²) in [5.74, 6) is 1.84. The van der Waals surface area contributed by atoms with Gasteiger partial charge in [0.05, 0.1) is 0 Å². The predicted molar refractivity (Wildman–Crippen MR) is 211 cm³/mol. The van der Waals surface area contributed by atoms with E-state index in [1.807, 2.05) is 48.5 Å². The highest BCUT2D eigenvalue weighted by Gasteiger charge is 2.17. The molecule has 0 N–H and O–H groups in total. The van der Waals surface area contributed by atoms with Gasteiger partial charge in [-0.05, 0) is 87.3 Å². The maximum atomic E-state index is 6.21. The molecule has 0 saturated carbocycles. The first-order chi connectivity index (χ1) is 25.7. The number of hydrogen-bond acceptors (Lipinski definition) is 5. The minimum absolute atomic E-state index is 0.604. The second-order valence-electron chi connectivity index (χ2n) is 13.2. The van der Waals surface area contributed by atoms with Crippen LogP contribution in [0.2, 0.25) is 0 Å². The number of para-hydroxylation sites is 2. The predicted octanol–water partition coefficient (Wildman–Crippen LogP) is 12.6. The molecule has 0 radical (unpaired) electrons. The first-order valence-corrected chi connectivity index (χ1v) is 17.3. The van der Waals surface area contributed by atoms with Crippen LogP contribution in [0.25, 0.3) is 111 Å². The van der Waals surface area contributed by atoms with E-state index in [0.29, 0.717) is 17.5 Å². The molecule has 0 aliphatic carbocycles. The van der Waals surface area contributed by atoms with Gasteiger partial charge in [0.25, 0.3) is 0 Å². The SMILES string of the molecule is c1ccc2cc(-c3nc(-c4ccc5ccc(-c6cccc7oc8ccccc8c67)cc5c4)nc(-c4ccc5oc6ccccc6c5c4)n3)ccc2c1. The van der Waals surface area contributed by atoms with Crippen LogP contribution >= 0.6 is 0 Å². The topological polar surface area (TPSA) is 65.0 Å². The van der Waals surface area contributed by atoms with E-state index in [1.54, 1.807) is 0 Å². The zero-order chi connectivity index (χ0) is 34.2. The summed E-state index contributed by atoms with van der Waals surface area (Å²) in [4.78, 5) is 15.3. The van der Waals surface area contributed by atoms with Crippen molar-refractivity contribution in [1.29, 1.82) is 0 Å². The summed E-state index contributed by atoms with van der Waals surface area (Å²) in [5, 5.41) is 8.86. The van der Waals surface area contributed by atoms with Crippen LogP contribution in [0.4, 0.5) is 0 Å². The van der Waals surface area contributed by atoms with E-state index >= 15 is 0 Å². The van der Waals surface area contributed by atoms with Crippen molar-refractivity contribution in [2.24, 2.45) is 0 Å². The van der Waals surface area contributed by atoms with E-state index in [4.69, 9.17) is 23.8 Å². The number of furan rings is 2. The zero-order valence-electron chi connectivity index (χ0n) is 27.7. The summed E-state index contributed by atoms with van der Waals surface area (Å²) < 4.78 is 12.3. The van der Waals surface area contributed by atoms with Crippen molar-refractivity contribution in [1.82, 2.24) is 15.0 Å². The quantitative estimate of drug-likeness (QED) is 0.187. The van der Waals surface area contributed by atoms with Gasteiger partial charge in [0.15, 0.2) is 17.5 Å². The lowest BCUT2D eigenvalue weighted by atomic mass is 9.96. The Morgan fingerprint density at radius 1 is 0.308 bits per heavy atom. The Kier molecular flexibility index (Phi) is 6.18. The minimum Gasteiger partial charge on any atom is -0.456 e. The largest absolute Gasteiger partial charge is 0.456 e. The molecule has 11 rings (SSSR count). The highest BCUT2D eigenvalue weighted by molar-refractivity contribution is 6.13. The number of fused-ring (bicyclic) bond motifs is 8. The van der Waals surface area contributed by atoms with Gasteiger partial charge >= 0.3 is 0 Å². The standard InChI is InChI=1S/C47H27N3O2/c1-2-9-30-24-32(20-17-28(30)8-1)45-48-46(50-47(49-45)34-22-23-42-39(27-34)37-10-3-5-13-40(37)51-42)33-21-18-29-16-19-31(25-35(29)26-33)36-12-7-15-43-44(36)38-11-4-6-14-41(38)52-43/h1-27H. The van der Waals surface area contributed by atoms with Crippen LogP contribution in [-0.2, 0) is 0 Å². The fourth-order valence-corrected chi connectivity index (χ4v) is 7.53. The summed E-state index contributed by atoms with van der Waals surface area (Å²) in [6.07, 6.45) is 0. The molecule has 0 aliphatic heterocycles. The fourth-order valence-electron chi connectivity index (χ4n) is 7.53. The van der Waals surface area contributed by atoms with Crippen LogP contribution in [0.5, 0.6) is 0 Å². The molecule has 0 spiro atoms. The number of hydrogen-bond donors (Lipinski definition) is 0. The molecule has 3 aromatic heterocycles. The van der Waals surface area contributed by atoms with Crippen LogP contribution in [0.15, 0.2) is 173 Å². The molecule has 0 atom stereocenters. The summed E-state index contributed by atoms with van der Waals surface area (Å²) in [6, 6.07) is 56.5. The molecule has 0 fully saturated rings. The van der Waals surface area contributed by atoms with Crippen molar-refractivity contribution in [3.05, 3.63) is 164 Å². The third kappa shape index (κ3) is 4.60. The number of nitrogens with zero attached hydrogens (tertiary/aromatic N) is 3. The van der Waals surface area contributed by atoms with E-state index in [0.717, 1.165) is 87.9 Å². The van der Waals surface area contributed by atoms with E-state index in [9.17, 15) is 0 Å². The van der Waals surface area contributed by atoms with Gasteiger partial charge in [0.2, 0.25) is 0 Å². The minimum atomic E-state index is 0.604. The lowest BCUT2D eigenvalue weighted by Gasteiger charge is -2.11. The highest BCUT2D eigenvalue weighted by atomic mass is 16.3. The van der Waals surface area contributed by atoms with Crippen molar-refractivity contribution < 1.29 is 8.83 Å². The van der Waals surface area contributed by atoms with Crippen molar-refractivity contribution in [3.63, 3.8) is 0 Å². The van der Waals surface area contributed by atoms with Gasteiger partial charge in [0.1, 0.15) is 22.3 Å². The normalized spacial score (nSPS) is 11.8. The van der Waals surface area contributed by atoms with Crippen LogP contribution in [-0.4, -0.2) is 15.0 Å². The number of benzene rings is 8. The van der Waals surface area contributed by atoms with Gasteiger partial charge < -0.3 is 8.83 Å². The van der Waals surface area contributed by atoms with Crippen molar-refractivity contribution in [2.45, 2.75) is 0 Å². The van der Waals surface area contributed by atoms with Gasteiger partial charge in [-0.2, -0.15) is 0 Å². The number of aromatic nitrogens is 3. The molecule has 0 saturated heterocycles. The molecule has 0 aliphatic rings. The maximum Gasteiger partial charge on any atom is 0.164 e. The lowest BCUT2D eigenvalue weighted by Crippen LogP contribution is -2.00. The Morgan fingerprint density at radius 3 is 1.58 bits per heavy atom. The monoisotopic (exact) mass is 665 g/mol. The van der Waals surface area contributed by atoms with Crippen molar-refractivity contribution in [3.8, 4) is 45.3 Å². The second kappa shape index (κ2) is 11.2. The molecule has 5 heteroatoms. The molecule has 11 aromatic rings. The molecular weight excluding hydrogens is 639 g/mol. The van der Waals surface area contributed by atoms with Crippen LogP contribution in [0, 0.1) is 0 Å². The molecule has 8 aromatic carbocycles. The first-order valence-electron chi connectivity index (χ1n) is 17.3.